The van der Waals surface area contributed by atoms with Crippen LogP contribution in [-0.2, 0) is 10.0 Å². The van der Waals surface area contributed by atoms with Crippen LogP contribution >= 0.6 is 43.2 Å². The molecule has 0 aromatic carbocycles. The van der Waals surface area contributed by atoms with E-state index in [0.717, 1.165) is 21.1 Å². The molecule has 0 amide bonds. The van der Waals surface area contributed by atoms with Crippen molar-refractivity contribution >= 4 is 53.2 Å². The Kier molecular flexibility index (Phi) is 5.23. The summed E-state index contributed by atoms with van der Waals surface area (Å²) in [5, 5.41) is 0.760. The molecule has 0 aliphatic rings. The molecule has 1 aromatic heterocycles. The molecule has 17 heavy (non-hydrogen) atoms. The van der Waals surface area contributed by atoms with E-state index in [0.29, 0.717) is 4.21 Å². The molecule has 0 saturated heterocycles. The monoisotopic (exact) mass is 403 g/mol. The Morgan fingerprint density at radius 1 is 1.47 bits per heavy atom. The smallest absolute Gasteiger partial charge is 0.206 e. The number of hydrogen-bond acceptors (Lipinski definition) is 3. The molecular weight excluding hydrogens is 390 g/mol. The van der Waals surface area contributed by atoms with Gasteiger partial charge in [0, 0.05) is 10.9 Å². The predicted molar refractivity (Wildman–Crippen MR) is 79.6 cm³/mol. The Balaban J connectivity index is 2.97. The fraction of sp³-hybridized carbons (Fsp3) is 0.600. The number of sulfonamides is 1. The van der Waals surface area contributed by atoms with E-state index in [1.54, 1.807) is 6.07 Å². The SMILES string of the molecule is Cc1cc(S(=O)(=O)NC(C)(C)CCBr)sc1Br. The Morgan fingerprint density at radius 3 is 2.47 bits per heavy atom. The molecular formula is C10H15Br2NO2S2. The van der Waals surface area contributed by atoms with Crippen LogP contribution in [0.1, 0.15) is 25.8 Å². The second-order valence-electron chi connectivity index (χ2n) is 4.45. The molecule has 0 fully saturated rings. The van der Waals surface area contributed by atoms with E-state index in [1.165, 1.54) is 11.3 Å². The van der Waals surface area contributed by atoms with Crippen LogP contribution in [-0.4, -0.2) is 19.3 Å². The lowest BCUT2D eigenvalue weighted by Crippen LogP contribution is -2.43. The lowest BCUT2D eigenvalue weighted by molar-refractivity contribution is 0.444. The van der Waals surface area contributed by atoms with Gasteiger partial charge in [0.25, 0.3) is 10.0 Å². The van der Waals surface area contributed by atoms with Crippen LogP contribution in [0, 0.1) is 6.92 Å². The maximum absolute atomic E-state index is 12.2. The van der Waals surface area contributed by atoms with E-state index in [9.17, 15) is 8.42 Å². The molecule has 3 nitrogen and oxygen atoms in total. The molecule has 0 radical (unpaired) electrons. The first-order chi connectivity index (χ1) is 7.68. The minimum absolute atomic E-state index is 0.351. The number of aryl methyl sites for hydroxylation is 1. The molecule has 1 heterocycles. The Labute approximate surface area is 123 Å². The number of rotatable bonds is 5. The highest BCUT2D eigenvalue weighted by molar-refractivity contribution is 9.11. The molecule has 0 bridgehead atoms. The number of alkyl halides is 1. The van der Waals surface area contributed by atoms with Crippen LogP contribution in [0.3, 0.4) is 0 Å². The molecule has 0 aliphatic heterocycles. The van der Waals surface area contributed by atoms with Gasteiger partial charge in [0.2, 0.25) is 0 Å². The van der Waals surface area contributed by atoms with Crippen LogP contribution in [0.25, 0.3) is 0 Å². The Morgan fingerprint density at radius 2 is 2.06 bits per heavy atom. The normalized spacial score (nSPS) is 13.0. The zero-order valence-electron chi connectivity index (χ0n) is 9.88. The van der Waals surface area contributed by atoms with Crippen molar-refractivity contribution in [3.63, 3.8) is 0 Å². The molecule has 0 unspecified atom stereocenters. The first-order valence-corrected chi connectivity index (χ1v) is 9.25. The lowest BCUT2D eigenvalue weighted by atomic mass is 10.0. The third-order valence-corrected chi connectivity index (χ3v) is 6.93. The van der Waals surface area contributed by atoms with E-state index in [1.807, 2.05) is 20.8 Å². The molecule has 1 rings (SSSR count). The van der Waals surface area contributed by atoms with Crippen molar-refractivity contribution in [2.45, 2.75) is 36.9 Å². The van der Waals surface area contributed by atoms with Crippen LogP contribution in [0.2, 0.25) is 0 Å². The lowest BCUT2D eigenvalue weighted by Gasteiger charge is -2.24. The van der Waals surface area contributed by atoms with Crippen LogP contribution in [0.15, 0.2) is 14.1 Å². The molecule has 0 spiro atoms. The molecule has 1 N–H and O–H groups in total. The van der Waals surface area contributed by atoms with Crippen LogP contribution in [0.5, 0.6) is 0 Å². The van der Waals surface area contributed by atoms with E-state index in [4.69, 9.17) is 0 Å². The highest BCUT2D eigenvalue weighted by Gasteiger charge is 2.27. The van der Waals surface area contributed by atoms with Crippen molar-refractivity contribution in [1.29, 1.82) is 0 Å². The fourth-order valence-electron chi connectivity index (χ4n) is 1.27. The first-order valence-electron chi connectivity index (χ1n) is 5.04. The average Bonchev–Trinajstić information content (AvgIpc) is 2.45. The Bertz CT molecular complexity index is 475. The summed E-state index contributed by atoms with van der Waals surface area (Å²) in [6.45, 7) is 5.63. The largest absolute Gasteiger partial charge is 0.250 e. The highest BCUT2D eigenvalue weighted by Crippen LogP contribution is 2.31. The third kappa shape index (κ3) is 4.31. The van der Waals surface area contributed by atoms with Crippen molar-refractivity contribution in [3.05, 3.63) is 15.4 Å². The predicted octanol–water partition coefficient (Wildman–Crippen LogP) is 3.66. The van der Waals surface area contributed by atoms with Gasteiger partial charge < -0.3 is 0 Å². The van der Waals surface area contributed by atoms with Crippen LogP contribution in [0.4, 0.5) is 0 Å². The molecule has 1 aromatic rings. The van der Waals surface area contributed by atoms with Gasteiger partial charge >= 0.3 is 0 Å². The van der Waals surface area contributed by atoms with Gasteiger partial charge in [-0.3, -0.25) is 0 Å². The van der Waals surface area contributed by atoms with Gasteiger partial charge in [-0.15, -0.1) is 11.3 Å². The fourth-order valence-corrected chi connectivity index (χ4v) is 5.92. The van der Waals surface area contributed by atoms with Gasteiger partial charge in [0.05, 0.1) is 3.79 Å². The Hall–Kier alpha value is 0.570. The van der Waals surface area contributed by atoms with E-state index < -0.39 is 15.6 Å². The van der Waals surface area contributed by atoms with Gasteiger partial charge in [-0.2, -0.15) is 0 Å². The van der Waals surface area contributed by atoms with Crippen molar-refractivity contribution in [2.24, 2.45) is 0 Å². The van der Waals surface area contributed by atoms with Gasteiger partial charge in [0.15, 0.2) is 0 Å². The standard InChI is InChI=1S/C10H15Br2NO2S2/c1-7-6-8(16-9(7)12)17(14,15)13-10(2,3)4-5-11/h6,13H,4-5H2,1-3H3. The van der Waals surface area contributed by atoms with E-state index >= 15 is 0 Å². The topological polar surface area (TPSA) is 46.2 Å². The van der Waals surface area contributed by atoms with Crippen molar-refractivity contribution < 1.29 is 8.42 Å². The van der Waals surface area contributed by atoms with Gasteiger partial charge in [0.1, 0.15) is 4.21 Å². The van der Waals surface area contributed by atoms with Crippen LogP contribution < -0.4 is 4.72 Å². The summed E-state index contributed by atoms with van der Waals surface area (Å²) in [6, 6.07) is 1.68. The second kappa shape index (κ2) is 5.69. The zero-order valence-corrected chi connectivity index (χ0v) is 14.7. The van der Waals surface area contributed by atoms with Gasteiger partial charge in [-0.1, -0.05) is 15.9 Å². The molecule has 98 valence electrons. The molecule has 0 saturated carbocycles. The van der Waals surface area contributed by atoms with E-state index in [-0.39, 0.29) is 0 Å². The van der Waals surface area contributed by atoms with Crippen molar-refractivity contribution in [1.82, 2.24) is 4.72 Å². The number of nitrogens with one attached hydrogen (secondary N) is 1. The minimum atomic E-state index is -3.42. The number of halogens is 2. The summed E-state index contributed by atoms with van der Waals surface area (Å²) in [6.07, 6.45) is 0.734. The quantitative estimate of drug-likeness (QED) is 0.761. The number of hydrogen-bond donors (Lipinski definition) is 1. The van der Waals surface area contributed by atoms with Gasteiger partial charge in [-0.05, 0) is 54.8 Å². The minimum Gasteiger partial charge on any atom is -0.206 e. The second-order valence-corrected chi connectivity index (χ2v) is 9.52. The maximum Gasteiger partial charge on any atom is 0.250 e. The van der Waals surface area contributed by atoms with E-state index in [2.05, 4.69) is 36.6 Å². The summed E-state index contributed by atoms with van der Waals surface area (Å²) in [5.41, 5.74) is 0.487. The molecule has 0 atom stereocenters. The molecule has 0 aliphatic carbocycles. The third-order valence-electron chi connectivity index (χ3n) is 2.23. The summed E-state index contributed by atoms with van der Waals surface area (Å²) >= 11 is 7.90. The van der Waals surface area contributed by atoms with Crippen molar-refractivity contribution in [3.8, 4) is 0 Å². The number of thiophene rings is 1. The first kappa shape index (κ1) is 15.6. The maximum atomic E-state index is 12.2. The zero-order chi connectivity index (χ0) is 13.3. The molecule has 7 heteroatoms. The van der Waals surface area contributed by atoms with Crippen molar-refractivity contribution in [2.75, 3.05) is 5.33 Å². The van der Waals surface area contributed by atoms with Gasteiger partial charge in [-0.25, -0.2) is 13.1 Å². The summed E-state index contributed by atoms with van der Waals surface area (Å²) < 4.78 is 28.2. The average molecular weight is 405 g/mol. The summed E-state index contributed by atoms with van der Waals surface area (Å²) in [4.78, 5) is 0. The summed E-state index contributed by atoms with van der Waals surface area (Å²) in [5.74, 6) is 0. The highest BCUT2D eigenvalue weighted by atomic mass is 79.9. The summed E-state index contributed by atoms with van der Waals surface area (Å²) in [7, 11) is -3.42.